The normalized spacial score (nSPS) is 10.6. The van der Waals surface area contributed by atoms with Crippen LogP contribution >= 0.6 is 15.9 Å². The van der Waals surface area contributed by atoms with Crippen LogP contribution in [-0.4, -0.2) is 51.7 Å². The summed E-state index contributed by atoms with van der Waals surface area (Å²) in [7, 11) is 1.65. The average Bonchev–Trinajstić information content (AvgIpc) is 2.37. The number of ether oxygens (including phenoxy) is 4. The van der Waals surface area contributed by atoms with E-state index in [4.69, 9.17) is 18.9 Å². The van der Waals surface area contributed by atoms with Gasteiger partial charge in [-0.2, -0.15) is 0 Å². The highest BCUT2D eigenvalue weighted by Crippen LogP contribution is 2.15. The quantitative estimate of drug-likeness (QED) is 0.616. The van der Waals surface area contributed by atoms with Gasteiger partial charge in [0.15, 0.2) is 0 Å². The maximum atomic E-state index is 5.45. The highest BCUT2D eigenvalue weighted by atomic mass is 79.9. The standard InChI is InChI=1S/C12H18BrNO4/c1-15-2-3-16-4-5-17-6-7-18-12-8-11(13)9-14-10-12/h8-10H,2-7H2,1H3. The molecule has 0 saturated carbocycles. The van der Waals surface area contributed by atoms with Crippen LogP contribution in [0.1, 0.15) is 0 Å². The van der Waals surface area contributed by atoms with Gasteiger partial charge < -0.3 is 18.9 Å². The van der Waals surface area contributed by atoms with E-state index in [2.05, 4.69) is 20.9 Å². The van der Waals surface area contributed by atoms with Crippen LogP contribution in [0.15, 0.2) is 22.9 Å². The summed E-state index contributed by atoms with van der Waals surface area (Å²) in [6.07, 6.45) is 3.37. The molecule has 18 heavy (non-hydrogen) atoms. The Kier molecular flexibility index (Phi) is 8.75. The molecule has 0 fully saturated rings. The largest absolute Gasteiger partial charge is 0.490 e. The molecule has 102 valence electrons. The Labute approximate surface area is 116 Å². The number of halogens is 1. The third-order valence-electron chi connectivity index (χ3n) is 1.98. The van der Waals surface area contributed by atoms with Gasteiger partial charge in [-0.1, -0.05) is 0 Å². The van der Waals surface area contributed by atoms with Crippen LogP contribution in [0.3, 0.4) is 0 Å². The molecule has 0 aliphatic carbocycles. The first-order valence-corrected chi connectivity index (χ1v) is 6.50. The van der Waals surface area contributed by atoms with Crippen LogP contribution in [0.25, 0.3) is 0 Å². The van der Waals surface area contributed by atoms with Gasteiger partial charge in [0.25, 0.3) is 0 Å². The molecule has 0 aliphatic rings. The fraction of sp³-hybridized carbons (Fsp3) is 0.583. The van der Waals surface area contributed by atoms with E-state index < -0.39 is 0 Å². The van der Waals surface area contributed by atoms with Crippen LogP contribution in [0.2, 0.25) is 0 Å². The van der Waals surface area contributed by atoms with Crippen molar-refractivity contribution in [2.45, 2.75) is 0 Å². The van der Waals surface area contributed by atoms with Crippen LogP contribution in [0, 0.1) is 0 Å². The lowest BCUT2D eigenvalue weighted by atomic mass is 10.5. The molecule has 0 N–H and O–H groups in total. The minimum atomic E-state index is 0.496. The van der Waals surface area contributed by atoms with E-state index in [1.165, 1.54) is 0 Å². The zero-order valence-electron chi connectivity index (χ0n) is 10.4. The lowest BCUT2D eigenvalue weighted by Crippen LogP contribution is -2.12. The summed E-state index contributed by atoms with van der Waals surface area (Å²) in [6, 6.07) is 1.86. The van der Waals surface area contributed by atoms with Gasteiger partial charge in [-0.25, -0.2) is 0 Å². The topological polar surface area (TPSA) is 49.8 Å². The first-order valence-electron chi connectivity index (χ1n) is 5.70. The van der Waals surface area contributed by atoms with Gasteiger partial charge in [0.1, 0.15) is 12.4 Å². The van der Waals surface area contributed by atoms with Crippen molar-refractivity contribution in [1.82, 2.24) is 4.98 Å². The number of nitrogens with zero attached hydrogens (tertiary/aromatic N) is 1. The number of rotatable bonds is 10. The van der Waals surface area contributed by atoms with E-state index in [-0.39, 0.29) is 0 Å². The fourth-order valence-electron chi connectivity index (χ4n) is 1.15. The molecule has 1 aromatic rings. The maximum absolute atomic E-state index is 5.45. The molecule has 0 atom stereocenters. The molecule has 1 rings (SSSR count). The van der Waals surface area contributed by atoms with E-state index in [0.29, 0.717) is 39.6 Å². The Morgan fingerprint density at radius 3 is 2.33 bits per heavy atom. The monoisotopic (exact) mass is 319 g/mol. The molecule has 0 aliphatic heterocycles. The minimum absolute atomic E-state index is 0.496. The van der Waals surface area contributed by atoms with Gasteiger partial charge in [0, 0.05) is 17.8 Å². The molecule has 0 spiro atoms. The van der Waals surface area contributed by atoms with Crippen molar-refractivity contribution in [2.75, 3.05) is 46.8 Å². The Morgan fingerprint density at radius 2 is 1.67 bits per heavy atom. The van der Waals surface area contributed by atoms with Crippen molar-refractivity contribution >= 4 is 15.9 Å². The number of pyridine rings is 1. The van der Waals surface area contributed by atoms with Gasteiger partial charge in [0.05, 0.1) is 39.2 Å². The number of hydrogen-bond donors (Lipinski definition) is 0. The Balaban J connectivity index is 1.92. The van der Waals surface area contributed by atoms with Gasteiger partial charge in [-0.3, -0.25) is 4.98 Å². The summed E-state index contributed by atoms with van der Waals surface area (Å²) in [6.45, 7) is 3.36. The number of aromatic nitrogens is 1. The molecule has 0 amide bonds. The van der Waals surface area contributed by atoms with Crippen LogP contribution in [-0.2, 0) is 14.2 Å². The Bertz CT molecular complexity index is 325. The van der Waals surface area contributed by atoms with E-state index in [9.17, 15) is 0 Å². The second-order valence-electron chi connectivity index (χ2n) is 3.40. The molecule has 0 radical (unpaired) electrons. The van der Waals surface area contributed by atoms with Crippen LogP contribution in [0.5, 0.6) is 5.75 Å². The third-order valence-corrected chi connectivity index (χ3v) is 2.41. The summed E-state index contributed by atoms with van der Waals surface area (Å²) in [4.78, 5) is 4.00. The maximum Gasteiger partial charge on any atom is 0.138 e. The van der Waals surface area contributed by atoms with Crippen LogP contribution in [0.4, 0.5) is 0 Å². The molecular formula is C12H18BrNO4. The second-order valence-corrected chi connectivity index (χ2v) is 4.32. The first kappa shape index (κ1) is 15.4. The van der Waals surface area contributed by atoms with Crippen molar-refractivity contribution in [3.8, 4) is 5.75 Å². The SMILES string of the molecule is COCCOCCOCCOc1cncc(Br)c1. The molecule has 0 bridgehead atoms. The molecule has 1 aromatic heterocycles. The molecule has 0 unspecified atom stereocenters. The summed E-state index contributed by atoms with van der Waals surface area (Å²) in [5.41, 5.74) is 0. The van der Waals surface area contributed by atoms with Crippen molar-refractivity contribution in [2.24, 2.45) is 0 Å². The van der Waals surface area contributed by atoms with Gasteiger partial charge in [-0.05, 0) is 22.0 Å². The van der Waals surface area contributed by atoms with Gasteiger partial charge in [0.2, 0.25) is 0 Å². The summed E-state index contributed by atoms with van der Waals surface area (Å²) in [5.74, 6) is 0.726. The molecule has 0 aromatic carbocycles. The van der Waals surface area contributed by atoms with E-state index in [0.717, 1.165) is 10.2 Å². The van der Waals surface area contributed by atoms with Crippen molar-refractivity contribution < 1.29 is 18.9 Å². The second kappa shape index (κ2) is 10.3. The third kappa shape index (κ3) is 7.60. The van der Waals surface area contributed by atoms with Gasteiger partial charge in [-0.15, -0.1) is 0 Å². The Morgan fingerprint density at radius 1 is 1.00 bits per heavy atom. The predicted molar refractivity (Wildman–Crippen MR) is 70.9 cm³/mol. The smallest absolute Gasteiger partial charge is 0.138 e. The zero-order valence-corrected chi connectivity index (χ0v) is 12.0. The molecular weight excluding hydrogens is 302 g/mol. The summed E-state index contributed by atoms with van der Waals surface area (Å²) in [5, 5.41) is 0. The molecule has 0 saturated heterocycles. The number of hydrogen-bond acceptors (Lipinski definition) is 5. The highest BCUT2D eigenvalue weighted by Gasteiger charge is 1.96. The molecule has 1 heterocycles. The van der Waals surface area contributed by atoms with Gasteiger partial charge >= 0.3 is 0 Å². The summed E-state index contributed by atoms with van der Waals surface area (Å²) < 4.78 is 21.8. The van der Waals surface area contributed by atoms with Crippen molar-refractivity contribution in [3.63, 3.8) is 0 Å². The zero-order chi connectivity index (χ0) is 13.1. The first-order chi connectivity index (χ1) is 8.83. The van der Waals surface area contributed by atoms with Crippen molar-refractivity contribution in [1.29, 1.82) is 0 Å². The minimum Gasteiger partial charge on any atom is -0.490 e. The summed E-state index contributed by atoms with van der Waals surface area (Å²) >= 11 is 3.33. The Hall–Kier alpha value is -0.690. The van der Waals surface area contributed by atoms with E-state index in [1.54, 1.807) is 19.5 Å². The highest BCUT2D eigenvalue weighted by molar-refractivity contribution is 9.10. The average molecular weight is 320 g/mol. The van der Waals surface area contributed by atoms with E-state index >= 15 is 0 Å². The lowest BCUT2D eigenvalue weighted by molar-refractivity contribution is 0.0179. The van der Waals surface area contributed by atoms with E-state index in [1.807, 2.05) is 6.07 Å². The number of methoxy groups -OCH3 is 1. The van der Waals surface area contributed by atoms with Crippen molar-refractivity contribution in [3.05, 3.63) is 22.9 Å². The molecule has 6 heteroatoms. The fourth-order valence-corrected chi connectivity index (χ4v) is 1.50. The lowest BCUT2D eigenvalue weighted by Gasteiger charge is -2.07. The predicted octanol–water partition coefficient (Wildman–Crippen LogP) is 1.90. The van der Waals surface area contributed by atoms with Crippen LogP contribution < -0.4 is 4.74 Å². The molecule has 5 nitrogen and oxygen atoms in total.